The maximum absolute atomic E-state index is 12.3. The number of para-hydroxylation sites is 5. The van der Waals surface area contributed by atoms with Crippen LogP contribution in [0.3, 0.4) is 0 Å². The zero-order valence-corrected chi connectivity index (χ0v) is 69.1. The third-order valence-corrected chi connectivity index (χ3v) is 17.4. The zero-order valence-electron chi connectivity index (χ0n) is 69.1. The lowest BCUT2D eigenvalue weighted by molar-refractivity contribution is -0.139. The number of phenols is 1. The number of carboxylic acids is 1. The molecule has 11 aromatic rings. The highest BCUT2D eigenvalue weighted by Gasteiger charge is 2.22. The molecule has 624 valence electrons. The Bertz CT molecular complexity index is 4790. The quantitative estimate of drug-likeness (QED) is 0.0215. The summed E-state index contributed by atoms with van der Waals surface area (Å²) in [7, 11) is 10.7. The normalized spacial score (nSPS) is 10.3. The second-order valence-electron chi connectivity index (χ2n) is 27.5. The molecular formula is C94H107N9O16. The van der Waals surface area contributed by atoms with Crippen LogP contribution in [0.25, 0.3) is 0 Å². The number of rotatable bonds is 34. The summed E-state index contributed by atoms with van der Waals surface area (Å²) in [5, 5.41) is 24.5. The van der Waals surface area contributed by atoms with Crippen LogP contribution in [0.4, 0.5) is 44.9 Å². The third kappa shape index (κ3) is 34.9. The highest BCUT2D eigenvalue weighted by atomic mass is 16.6. The number of pyridine rings is 2. The van der Waals surface area contributed by atoms with Crippen molar-refractivity contribution in [1.29, 1.82) is 0 Å². The van der Waals surface area contributed by atoms with Crippen LogP contribution in [0.2, 0.25) is 0 Å². The first kappa shape index (κ1) is 92.1. The molecule has 2 heterocycles. The Labute approximate surface area is 697 Å². The summed E-state index contributed by atoms with van der Waals surface area (Å²) < 4.78 is 41.2. The molecule has 0 bridgehead atoms. The van der Waals surface area contributed by atoms with Crippen molar-refractivity contribution in [2.75, 3.05) is 131 Å². The molecule has 9 aromatic carbocycles. The van der Waals surface area contributed by atoms with E-state index in [0.29, 0.717) is 51.6 Å². The second kappa shape index (κ2) is 50.3. The van der Waals surface area contributed by atoms with Crippen LogP contribution in [0.1, 0.15) is 54.4 Å². The second-order valence-corrected chi connectivity index (χ2v) is 27.5. The van der Waals surface area contributed by atoms with Crippen LogP contribution in [-0.4, -0.2) is 157 Å². The van der Waals surface area contributed by atoms with E-state index in [9.17, 15) is 39.0 Å². The highest BCUT2D eigenvalue weighted by Crippen LogP contribution is 2.25. The number of aromatic hydroxyl groups is 1. The molecule has 0 aliphatic carbocycles. The predicted molar refractivity (Wildman–Crippen MR) is 466 cm³/mol. The van der Waals surface area contributed by atoms with Gasteiger partial charge in [0.25, 0.3) is 0 Å². The van der Waals surface area contributed by atoms with Crippen LogP contribution >= 0.6 is 0 Å². The molecule has 0 radical (unpaired) electrons. The van der Waals surface area contributed by atoms with Crippen molar-refractivity contribution in [3.63, 3.8) is 0 Å². The lowest BCUT2D eigenvalue weighted by Crippen LogP contribution is -2.34. The van der Waals surface area contributed by atoms with E-state index in [1.54, 1.807) is 32.4 Å². The smallest absolute Gasteiger partial charge is 0.415 e. The van der Waals surface area contributed by atoms with Crippen LogP contribution < -0.4 is 49.3 Å². The van der Waals surface area contributed by atoms with Gasteiger partial charge in [0.1, 0.15) is 73.0 Å². The fourth-order valence-corrected chi connectivity index (χ4v) is 11.3. The molecule has 25 nitrogen and oxygen atoms in total. The first-order valence-corrected chi connectivity index (χ1v) is 38.4. The van der Waals surface area contributed by atoms with Crippen molar-refractivity contribution in [3.05, 3.63) is 319 Å². The molecule has 0 saturated heterocycles. The van der Waals surface area contributed by atoms with Gasteiger partial charge in [-0.25, -0.2) is 14.8 Å². The molecule has 0 atom stereocenters. The number of aliphatic carboxylic acids is 1. The molecule has 119 heavy (non-hydrogen) atoms. The van der Waals surface area contributed by atoms with Crippen LogP contribution in [0, 0.1) is 0 Å². The summed E-state index contributed by atoms with van der Waals surface area (Å²) >= 11 is 0. The first-order valence-electron chi connectivity index (χ1n) is 38.4. The molecule has 1 amide bonds. The molecule has 0 fully saturated rings. The number of anilines is 7. The number of ether oxygens (including phenoxy) is 8. The van der Waals surface area contributed by atoms with E-state index in [1.807, 2.05) is 314 Å². The number of carbonyl (C=O) groups is 6. The monoisotopic (exact) mass is 1620 g/mol. The van der Waals surface area contributed by atoms with Gasteiger partial charge in [0, 0.05) is 92.9 Å². The Morgan fingerprint density at radius 2 is 0.739 bits per heavy atom. The summed E-state index contributed by atoms with van der Waals surface area (Å²) in [6.07, 6.45) is 0.849. The molecule has 11 rings (SSSR count). The molecule has 0 aliphatic rings. The minimum absolute atomic E-state index is 0.0546. The molecule has 0 aliphatic heterocycles. The lowest BCUT2D eigenvalue weighted by Gasteiger charge is -2.24. The van der Waals surface area contributed by atoms with Gasteiger partial charge in [-0.1, -0.05) is 152 Å². The van der Waals surface area contributed by atoms with E-state index in [4.69, 9.17) is 33.2 Å². The van der Waals surface area contributed by atoms with Gasteiger partial charge in [0.2, 0.25) is 0 Å². The number of carboxylic acid groups (broad SMARTS) is 1. The number of amides is 1. The number of nitrogens with one attached hydrogen (secondary N) is 2. The fraction of sp³-hybridized carbons (Fsp3) is 0.255. The van der Waals surface area contributed by atoms with Crippen molar-refractivity contribution in [1.82, 2.24) is 9.97 Å². The molecular weight excluding hydrogens is 1510 g/mol. The van der Waals surface area contributed by atoms with Gasteiger partial charge < -0.3 is 78.3 Å². The minimum Gasteiger partial charge on any atom is -0.508 e. The number of hydrogen-bond acceptors (Lipinski definition) is 23. The number of phenolic OH excluding ortho intramolecular Hbond substituents is 1. The van der Waals surface area contributed by atoms with E-state index in [-0.39, 0.29) is 62.4 Å². The lowest BCUT2D eigenvalue weighted by atomic mass is 10.2. The van der Waals surface area contributed by atoms with Crippen molar-refractivity contribution < 1.29 is 76.9 Å². The van der Waals surface area contributed by atoms with Gasteiger partial charge in [-0.3, -0.25) is 28.9 Å². The number of nitrogens with zero attached hydrogens (tertiary/aromatic N) is 7. The molecule has 4 N–H and O–H groups in total. The summed E-state index contributed by atoms with van der Waals surface area (Å²) in [5.41, 5.74) is 10.1. The van der Waals surface area contributed by atoms with Crippen molar-refractivity contribution in [3.8, 4) is 23.0 Å². The van der Waals surface area contributed by atoms with Gasteiger partial charge in [-0.2, -0.15) is 0 Å². The van der Waals surface area contributed by atoms with E-state index in [1.165, 1.54) is 33.3 Å². The van der Waals surface area contributed by atoms with Crippen molar-refractivity contribution >= 4 is 76.0 Å². The minimum atomic E-state index is -0.857. The summed E-state index contributed by atoms with van der Waals surface area (Å²) in [5.74, 6) is 1.98. The van der Waals surface area contributed by atoms with Crippen LogP contribution in [-0.2, 0) is 86.7 Å². The Hall–Kier alpha value is -14.1. The maximum Gasteiger partial charge on any atom is 0.415 e. The van der Waals surface area contributed by atoms with E-state index < -0.39 is 17.7 Å². The molecule has 2 aromatic heterocycles. The topological polar surface area (TPSA) is 283 Å². The van der Waals surface area contributed by atoms with E-state index in [0.717, 1.165) is 91.6 Å². The van der Waals surface area contributed by atoms with Crippen LogP contribution in [0.5, 0.6) is 23.0 Å². The van der Waals surface area contributed by atoms with E-state index in [2.05, 4.69) is 25.3 Å². The highest BCUT2D eigenvalue weighted by molar-refractivity contribution is 5.86. The number of hydrogen-bond donors (Lipinski definition) is 4. The number of methoxy groups -OCH3 is 5. The molecule has 0 spiro atoms. The summed E-state index contributed by atoms with van der Waals surface area (Å²) in [6, 6.07) is 90.0. The molecule has 0 unspecified atom stereocenters. The first-order chi connectivity index (χ1) is 57.5. The van der Waals surface area contributed by atoms with Gasteiger partial charge in [0.15, 0.2) is 0 Å². The maximum atomic E-state index is 12.3. The van der Waals surface area contributed by atoms with Crippen molar-refractivity contribution in [2.24, 2.45) is 0 Å². The van der Waals surface area contributed by atoms with Gasteiger partial charge in [-0.15, -0.1) is 0 Å². The summed E-state index contributed by atoms with van der Waals surface area (Å²) in [4.78, 5) is 87.4. The van der Waals surface area contributed by atoms with Crippen molar-refractivity contribution in [2.45, 2.75) is 65.4 Å². The third-order valence-electron chi connectivity index (χ3n) is 17.4. The Morgan fingerprint density at radius 3 is 1.09 bits per heavy atom. The average molecular weight is 1620 g/mol. The van der Waals surface area contributed by atoms with Gasteiger partial charge >= 0.3 is 35.9 Å². The summed E-state index contributed by atoms with van der Waals surface area (Å²) in [6.45, 7) is 9.43. The van der Waals surface area contributed by atoms with E-state index >= 15 is 0 Å². The molecule has 0 saturated carbocycles. The largest absolute Gasteiger partial charge is 0.508 e. The standard InChI is InChI=1S/C29H35N3O5.C23H25N3O3.C17H19NO3.C16H17NO3.C9H11NO2/c1-29(2,3)37-28(34)31(4)26-13-9-10-23(30-26)18-19-36-25-16-14-22(15-17-25)20-32(21-27(33)35-5)24-11-7-6-8-12-24;1-24-22-9-5-6-19(25-22)14-15-29-21-12-10-18(11-13-21)16-26(17-23(27)28)20-7-3-2-4-8-20;1-20-16-10-8-14(9-11-16)12-18(13-17(19)21-2)15-6-4-3-5-7-15;1-20-16(19)12-17(14-5-3-2-4-6-14)11-13-7-9-15(18)10-8-13;1-12-9(11)7-10-8-5-3-2-4-6-8/h6-17H,18-21H2,1-5H3;2-13H,14-17H2,1H3,(H,24,25)(H,27,28);3-11H,12-13H2,1-2H3;2-10,18H,11-12H2,1H3;2-6,10H,7H2,1H3. The number of aromatic nitrogens is 2. The zero-order chi connectivity index (χ0) is 85.6. The van der Waals surface area contributed by atoms with Gasteiger partial charge in [0.05, 0.1) is 48.8 Å². The number of benzene rings is 9. The van der Waals surface area contributed by atoms with Gasteiger partial charge in [-0.05, 0) is 176 Å². The Balaban J connectivity index is 0.000000214. The number of carbonyl (C=O) groups excluding carboxylic acids is 5. The predicted octanol–water partition coefficient (Wildman–Crippen LogP) is 15.8. The number of esters is 4. The molecule has 25 heteroatoms. The SMILES string of the molecule is CNc1cccc(CCOc2ccc(CN(CC(=O)O)c3ccccc3)cc2)n1.COC(=O)CN(Cc1ccc(O)cc1)c1ccccc1.COC(=O)CN(Cc1ccc(OC)cc1)c1ccccc1.COC(=O)CN(Cc1ccc(OCCc2cccc(N(C)C(=O)OC(C)(C)C)n2)cc1)c1ccccc1.COC(=O)CNc1ccccc1. The Morgan fingerprint density at radius 1 is 0.395 bits per heavy atom. The fourth-order valence-electron chi connectivity index (χ4n) is 11.3. The average Bonchev–Trinajstić information content (AvgIpc) is 0.880. The van der Waals surface area contributed by atoms with Crippen LogP contribution in [0.15, 0.2) is 285 Å². The Kier molecular flexibility index (Phi) is 38.9.